The van der Waals surface area contributed by atoms with Gasteiger partial charge in [0.15, 0.2) is 11.5 Å². The van der Waals surface area contributed by atoms with Crippen LogP contribution in [-0.2, 0) is 0 Å². The van der Waals surface area contributed by atoms with Gasteiger partial charge in [0, 0.05) is 6.04 Å². The molecule has 0 aliphatic carbocycles. The number of rotatable bonds is 2. The maximum absolute atomic E-state index is 9.48. The molecule has 0 saturated carbocycles. The highest BCUT2D eigenvalue weighted by Crippen LogP contribution is 2.33. The number of phenols is 1. The molecule has 0 spiro atoms. The summed E-state index contributed by atoms with van der Waals surface area (Å²) in [6, 6.07) is 5.95. The molecule has 1 heterocycles. The number of hydrogen-bond acceptors (Lipinski definition) is 3. The molecule has 1 aliphatic heterocycles. The van der Waals surface area contributed by atoms with Gasteiger partial charge in [0.25, 0.3) is 0 Å². The Labute approximate surface area is 90.1 Å². The van der Waals surface area contributed by atoms with E-state index in [0.717, 1.165) is 18.9 Å². The zero-order chi connectivity index (χ0) is 10.8. The van der Waals surface area contributed by atoms with Gasteiger partial charge >= 0.3 is 0 Å². The molecule has 2 atom stereocenters. The molecule has 0 unspecified atom stereocenters. The van der Waals surface area contributed by atoms with Crippen molar-refractivity contribution in [3.05, 3.63) is 23.8 Å². The van der Waals surface area contributed by atoms with Gasteiger partial charge in [-0.25, -0.2) is 0 Å². The second-order valence-electron chi connectivity index (χ2n) is 4.23. The first-order chi connectivity index (χ1) is 7.20. The molecule has 15 heavy (non-hydrogen) atoms. The number of aromatic hydroxyl groups is 1. The summed E-state index contributed by atoms with van der Waals surface area (Å²) in [6.07, 6.45) is 1.15. The van der Waals surface area contributed by atoms with Gasteiger partial charge in [-0.2, -0.15) is 0 Å². The standard InChI is InChI=1S/C12H17NO2/c1-8-5-10(13-7-8)9-3-4-11(14)12(6-9)15-2/h3-4,6,8,10,13-14H,5,7H2,1-2H3/t8-,10+/m0/s1. The van der Waals surface area contributed by atoms with Crippen LogP contribution in [0.25, 0.3) is 0 Å². The number of methoxy groups -OCH3 is 1. The summed E-state index contributed by atoms with van der Waals surface area (Å²) in [7, 11) is 1.57. The highest BCUT2D eigenvalue weighted by molar-refractivity contribution is 5.42. The smallest absolute Gasteiger partial charge is 0.160 e. The Morgan fingerprint density at radius 1 is 1.47 bits per heavy atom. The quantitative estimate of drug-likeness (QED) is 0.780. The van der Waals surface area contributed by atoms with Crippen LogP contribution in [0, 0.1) is 5.92 Å². The first kappa shape index (κ1) is 10.3. The predicted octanol–water partition coefficient (Wildman–Crippen LogP) is 2.07. The highest BCUT2D eigenvalue weighted by atomic mass is 16.5. The fourth-order valence-corrected chi connectivity index (χ4v) is 2.08. The van der Waals surface area contributed by atoms with Crippen LogP contribution in [0.4, 0.5) is 0 Å². The lowest BCUT2D eigenvalue weighted by Gasteiger charge is -2.12. The first-order valence-corrected chi connectivity index (χ1v) is 5.31. The summed E-state index contributed by atoms with van der Waals surface area (Å²) in [6.45, 7) is 3.30. The van der Waals surface area contributed by atoms with E-state index in [1.54, 1.807) is 13.2 Å². The first-order valence-electron chi connectivity index (χ1n) is 5.31. The molecule has 1 aliphatic rings. The fourth-order valence-electron chi connectivity index (χ4n) is 2.08. The van der Waals surface area contributed by atoms with Crippen LogP contribution >= 0.6 is 0 Å². The Morgan fingerprint density at radius 2 is 2.27 bits per heavy atom. The highest BCUT2D eigenvalue weighted by Gasteiger charge is 2.22. The second kappa shape index (κ2) is 4.11. The SMILES string of the molecule is COc1cc([C@H]2C[C@H](C)CN2)ccc1O. The van der Waals surface area contributed by atoms with Crippen LogP contribution in [0.15, 0.2) is 18.2 Å². The molecule has 0 aromatic heterocycles. The summed E-state index contributed by atoms with van der Waals surface area (Å²) in [5.41, 5.74) is 1.19. The van der Waals surface area contributed by atoms with Crippen LogP contribution in [0.1, 0.15) is 24.9 Å². The maximum atomic E-state index is 9.48. The molecule has 1 fully saturated rings. The fraction of sp³-hybridized carbons (Fsp3) is 0.500. The molecule has 1 aromatic rings. The zero-order valence-corrected chi connectivity index (χ0v) is 9.16. The number of benzene rings is 1. The van der Waals surface area contributed by atoms with Crippen molar-refractivity contribution < 1.29 is 9.84 Å². The van der Waals surface area contributed by atoms with E-state index in [4.69, 9.17) is 4.74 Å². The number of ether oxygens (including phenoxy) is 1. The van der Waals surface area contributed by atoms with Gasteiger partial charge in [0.1, 0.15) is 0 Å². The number of hydrogen-bond donors (Lipinski definition) is 2. The Morgan fingerprint density at radius 3 is 2.87 bits per heavy atom. The Kier molecular flexibility index (Phi) is 2.82. The minimum atomic E-state index is 0.201. The van der Waals surface area contributed by atoms with E-state index in [1.807, 2.05) is 12.1 Å². The van der Waals surface area contributed by atoms with Crippen molar-refractivity contribution in [1.29, 1.82) is 0 Å². The Balaban J connectivity index is 2.21. The van der Waals surface area contributed by atoms with Crippen LogP contribution < -0.4 is 10.1 Å². The molecule has 2 rings (SSSR count). The average Bonchev–Trinajstić information content (AvgIpc) is 2.66. The molecule has 82 valence electrons. The Hall–Kier alpha value is -1.22. The molecule has 0 radical (unpaired) electrons. The maximum Gasteiger partial charge on any atom is 0.160 e. The lowest BCUT2D eigenvalue weighted by atomic mass is 10.0. The van der Waals surface area contributed by atoms with Crippen molar-refractivity contribution in [2.45, 2.75) is 19.4 Å². The van der Waals surface area contributed by atoms with Crippen molar-refractivity contribution in [2.24, 2.45) is 5.92 Å². The van der Waals surface area contributed by atoms with E-state index in [2.05, 4.69) is 12.2 Å². The van der Waals surface area contributed by atoms with Crippen molar-refractivity contribution in [3.63, 3.8) is 0 Å². The summed E-state index contributed by atoms with van der Waals surface area (Å²) in [5.74, 6) is 1.47. The molecule has 1 aromatic carbocycles. The molecular formula is C12H17NO2. The van der Waals surface area contributed by atoms with Crippen molar-refractivity contribution in [2.75, 3.05) is 13.7 Å². The molecule has 0 bridgehead atoms. The lowest BCUT2D eigenvalue weighted by Crippen LogP contribution is -2.13. The van der Waals surface area contributed by atoms with E-state index in [0.29, 0.717) is 11.8 Å². The monoisotopic (exact) mass is 207 g/mol. The van der Waals surface area contributed by atoms with Gasteiger partial charge in [-0.3, -0.25) is 0 Å². The second-order valence-corrected chi connectivity index (χ2v) is 4.23. The van der Waals surface area contributed by atoms with Crippen LogP contribution in [0.5, 0.6) is 11.5 Å². The lowest BCUT2D eigenvalue weighted by molar-refractivity contribution is 0.372. The van der Waals surface area contributed by atoms with Crippen LogP contribution in [0.3, 0.4) is 0 Å². The number of nitrogens with one attached hydrogen (secondary N) is 1. The van der Waals surface area contributed by atoms with Gasteiger partial charge < -0.3 is 15.2 Å². The third-order valence-electron chi connectivity index (χ3n) is 2.96. The zero-order valence-electron chi connectivity index (χ0n) is 9.16. The largest absolute Gasteiger partial charge is 0.504 e. The normalized spacial score (nSPS) is 25.5. The van der Waals surface area contributed by atoms with Crippen molar-refractivity contribution >= 4 is 0 Å². The van der Waals surface area contributed by atoms with E-state index in [-0.39, 0.29) is 5.75 Å². The summed E-state index contributed by atoms with van der Waals surface area (Å²) < 4.78 is 5.09. The van der Waals surface area contributed by atoms with E-state index in [9.17, 15) is 5.11 Å². The molecule has 1 saturated heterocycles. The average molecular weight is 207 g/mol. The van der Waals surface area contributed by atoms with Crippen molar-refractivity contribution in [1.82, 2.24) is 5.32 Å². The molecular weight excluding hydrogens is 190 g/mol. The summed E-state index contributed by atoms with van der Waals surface area (Å²) in [4.78, 5) is 0. The van der Waals surface area contributed by atoms with Gasteiger partial charge in [-0.15, -0.1) is 0 Å². The predicted molar refractivity (Wildman–Crippen MR) is 59.2 cm³/mol. The summed E-state index contributed by atoms with van der Waals surface area (Å²) in [5, 5.41) is 12.9. The molecule has 3 heteroatoms. The molecule has 2 N–H and O–H groups in total. The number of phenolic OH excluding ortho intramolecular Hbond substituents is 1. The van der Waals surface area contributed by atoms with Crippen molar-refractivity contribution in [3.8, 4) is 11.5 Å². The van der Waals surface area contributed by atoms with E-state index < -0.39 is 0 Å². The third-order valence-corrected chi connectivity index (χ3v) is 2.96. The topological polar surface area (TPSA) is 41.5 Å². The molecule has 0 amide bonds. The summed E-state index contributed by atoms with van der Waals surface area (Å²) >= 11 is 0. The molecule has 3 nitrogen and oxygen atoms in total. The van der Waals surface area contributed by atoms with Gasteiger partial charge in [-0.1, -0.05) is 13.0 Å². The van der Waals surface area contributed by atoms with Crippen LogP contribution in [0.2, 0.25) is 0 Å². The Bertz CT molecular complexity index is 351. The van der Waals surface area contributed by atoms with Crippen LogP contribution in [-0.4, -0.2) is 18.8 Å². The van der Waals surface area contributed by atoms with E-state index >= 15 is 0 Å². The van der Waals surface area contributed by atoms with E-state index in [1.165, 1.54) is 5.56 Å². The van der Waals surface area contributed by atoms with Gasteiger partial charge in [-0.05, 0) is 36.6 Å². The minimum Gasteiger partial charge on any atom is -0.504 e. The third kappa shape index (κ3) is 2.07. The van der Waals surface area contributed by atoms with Gasteiger partial charge in [0.2, 0.25) is 0 Å². The van der Waals surface area contributed by atoms with Gasteiger partial charge in [0.05, 0.1) is 7.11 Å². The minimum absolute atomic E-state index is 0.201.